The SMILES string of the molecule is CCCNc1nc(Oc2ccc(I)cc2)c(F)cc1F. The maximum absolute atomic E-state index is 13.7. The number of nitrogens with one attached hydrogen (secondary N) is 1. The highest BCUT2D eigenvalue weighted by Gasteiger charge is 2.13. The van der Waals surface area contributed by atoms with Crippen LogP contribution in [-0.4, -0.2) is 11.5 Å². The minimum absolute atomic E-state index is 0.00578. The molecule has 1 heterocycles. The maximum atomic E-state index is 13.7. The average molecular weight is 390 g/mol. The molecule has 20 heavy (non-hydrogen) atoms. The Balaban J connectivity index is 2.24. The van der Waals surface area contributed by atoms with Crippen LogP contribution in [-0.2, 0) is 0 Å². The van der Waals surface area contributed by atoms with E-state index in [-0.39, 0.29) is 11.7 Å². The van der Waals surface area contributed by atoms with Gasteiger partial charge in [0.15, 0.2) is 17.5 Å². The van der Waals surface area contributed by atoms with Crippen molar-refractivity contribution in [2.75, 3.05) is 11.9 Å². The fourth-order valence-electron chi connectivity index (χ4n) is 1.50. The Morgan fingerprint density at radius 1 is 1.20 bits per heavy atom. The van der Waals surface area contributed by atoms with Crippen molar-refractivity contribution >= 4 is 28.4 Å². The molecule has 106 valence electrons. The Hall–Kier alpha value is -1.44. The predicted octanol–water partition coefficient (Wildman–Crippen LogP) is 4.58. The van der Waals surface area contributed by atoms with Gasteiger partial charge in [0.1, 0.15) is 5.75 Å². The molecular formula is C14H13F2IN2O. The number of rotatable bonds is 5. The molecule has 0 fully saturated rings. The van der Waals surface area contributed by atoms with Crippen LogP contribution in [0.4, 0.5) is 14.6 Å². The van der Waals surface area contributed by atoms with E-state index in [4.69, 9.17) is 4.74 Å². The van der Waals surface area contributed by atoms with E-state index in [0.717, 1.165) is 16.1 Å². The van der Waals surface area contributed by atoms with Crippen LogP contribution in [0.5, 0.6) is 11.6 Å². The lowest BCUT2D eigenvalue weighted by Gasteiger charge is -2.10. The fourth-order valence-corrected chi connectivity index (χ4v) is 1.86. The number of pyridine rings is 1. The molecule has 1 aromatic carbocycles. The van der Waals surface area contributed by atoms with Gasteiger partial charge in [-0.3, -0.25) is 0 Å². The number of benzene rings is 1. The van der Waals surface area contributed by atoms with Crippen LogP contribution in [0.1, 0.15) is 13.3 Å². The van der Waals surface area contributed by atoms with Crippen LogP contribution in [0, 0.1) is 15.2 Å². The first-order valence-corrected chi connectivity index (χ1v) is 7.21. The Bertz CT molecular complexity index is 590. The largest absolute Gasteiger partial charge is 0.436 e. The number of aromatic nitrogens is 1. The lowest BCUT2D eigenvalue weighted by molar-refractivity contribution is 0.418. The summed E-state index contributed by atoms with van der Waals surface area (Å²) in [5.74, 6) is -1.36. The Kier molecular flexibility index (Phi) is 5.11. The molecule has 0 saturated heterocycles. The standard InChI is InChI=1S/C14H13F2IN2O/c1-2-7-18-13-11(15)8-12(16)14(19-13)20-10-5-3-9(17)4-6-10/h3-6,8H,2,7H2,1H3,(H,18,19). The number of anilines is 1. The van der Waals surface area contributed by atoms with Crippen molar-refractivity contribution in [3.8, 4) is 11.6 Å². The monoisotopic (exact) mass is 390 g/mol. The van der Waals surface area contributed by atoms with E-state index in [1.165, 1.54) is 0 Å². The van der Waals surface area contributed by atoms with Crippen molar-refractivity contribution in [2.24, 2.45) is 0 Å². The zero-order valence-corrected chi connectivity index (χ0v) is 12.9. The molecule has 2 rings (SSSR count). The highest BCUT2D eigenvalue weighted by molar-refractivity contribution is 14.1. The molecule has 0 radical (unpaired) electrons. The average Bonchev–Trinajstić information content (AvgIpc) is 2.43. The number of hydrogen-bond donors (Lipinski definition) is 1. The van der Waals surface area contributed by atoms with Crippen molar-refractivity contribution in [3.05, 3.63) is 45.5 Å². The lowest BCUT2D eigenvalue weighted by atomic mass is 10.3. The summed E-state index contributed by atoms with van der Waals surface area (Å²) in [6.07, 6.45) is 0.811. The second-order valence-corrected chi connectivity index (χ2v) is 5.33. The molecule has 6 heteroatoms. The predicted molar refractivity (Wildman–Crippen MR) is 82.2 cm³/mol. The van der Waals surface area contributed by atoms with Crippen molar-refractivity contribution < 1.29 is 13.5 Å². The van der Waals surface area contributed by atoms with Gasteiger partial charge in [0, 0.05) is 16.2 Å². The van der Waals surface area contributed by atoms with E-state index in [1.54, 1.807) is 12.1 Å². The van der Waals surface area contributed by atoms with Crippen molar-refractivity contribution in [1.82, 2.24) is 4.98 Å². The van der Waals surface area contributed by atoms with Crippen LogP contribution in [0.25, 0.3) is 0 Å². The smallest absolute Gasteiger partial charge is 0.258 e. The van der Waals surface area contributed by atoms with Crippen LogP contribution < -0.4 is 10.1 Å². The Morgan fingerprint density at radius 3 is 2.55 bits per heavy atom. The minimum atomic E-state index is -0.830. The molecule has 0 atom stereocenters. The molecule has 0 aliphatic carbocycles. The Labute approximate surface area is 129 Å². The summed E-state index contributed by atoms with van der Waals surface area (Å²) < 4.78 is 33.6. The van der Waals surface area contributed by atoms with Gasteiger partial charge in [-0.2, -0.15) is 4.98 Å². The second-order valence-electron chi connectivity index (χ2n) is 4.09. The summed E-state index contributed by atoms with van der Waals surface area (Å²) in [5, 5.41) is 2.79. The van der Waals surface area contributed by atoms with Crippen LogP contribution in [0.15, 0.2) is 30.3 Å². The van der Waals surface area contributed by atoms with Gasteiger partial charge in [0.2, 0.25) is 0 Å². The third kappa shape index (κ3) is 3.78. The highest BCUT2D eigenvalue weighted by atomic mass is 127. The summed E-state index contributed by atoms with van der Waals surface area (Å²) in [4.78, 5) is 3.84. The first kappa shape index (κ1) is 15.0. The zero-order valence-electron chi connectivity index (χ0n) is 10.8. The normalized spacial score (nSPS) is 10.4. The van der Waals surface area contributed by atoms with E-state index in [1.807, 2.05) is 19.1 Å². The van der Waals surface area contributed by atoms with Crippen molar-refractivity contribution in [3.63, 3.8) is 0 Å². The van der Waals surface area contributed by atoms with Gasteiger partial charge in [-0.15, -0.1) is 0 Å². The molecule has 2 aromatic rings. The van der Waals surface area contributed by atoms with Crippen LogP contribution >= 0.6 is 22.6 Å². The second kappa shape index (κ2) is 6.83. The lowest BCUT2D eigenvalue weighted by Crippen LogP contribution is -2.06. The molecule has 0 aliphatic rings. The first-order chi connectivity index (χ1) is 9.60. The molecule has 1 aromatic heterocycles. The Morgan fingerprint density at radius 2 is 1.90 bits per heavy atom. The molecule has 0 spiro atoms. The number of nitrogens with zero attached hydrogens (tertiary/aromatic N) is 1. The summed E-state index contributed by atoms with van der Waals surface area (Å²) >= 11 is 2.15. The molecule has 0 unspecified atom stereocenters. The summed E-state index contributed by atoms with van der Waals surface area (Å²) in [7, 11) is 0. The topological polar surface area (TPSA) is 34.2 Å². The molecule has 0 saturated carbocycles. The number of ether oxygens (including phenoxy) is 1. The minimum Gasteiger partial charge on any atom is -0.436 e. The van der Waals surface area contributed by atoms with Gasteiger partial charge in [0.05, 0.1) is 0 Å². The molecule has 1 N–H and O–H groups in total. The third-order valence-corrected chi connectivity index (χ3v) is 3.19. The van der Waals surface area contributed by atoms with Gasteiger partial charge >= 0.3 is 0 Å². The number of hydrogen-bond acceptors (Lipinski definition) is 3. The zero-order chi connectivity index (χ0) is 14.5. The van der Waals surface area contributed by atoms with Gasteiger partial charge in [-0.05, 0) is 53.3 Å². The maximum Gasteiger partial charge on any atom is 0.258 e. The van der Waals surface area contributed by atoms with Gasteiger partial charge < -0.3 is 10.1 Å². The molecule has 0 aliphatic heterocycles. The first-order valence-electron chi connectivity index (χ1n) is 6.13. The van der Waals surface area contributed by atoms with Crippen LogP contribution in [0.3, 0.4) is 0 Å². The summed E-state index contributed by atoms with van der Waals surface area (Å²) in [5.41, 5.74) is 0. The van der Waals surface area contributed by atoms with E-state index in [9.17, 15) is 8.78 Å². The molecule has 0 amide bonds. The third-order valence-electron chi connectivity index (χ3n) is 2.47. The van der Waals surface area contributed by atoms with E-state index < -0.39 is 11.6 Å². The summed E-state index contributed by atoms with van der Waals surface area (Å²) in [6.45, 7) is 2.50. The number of halogens is 3. The van der Waals surface area contributed by atoms with Crippen molar-refractivity contribution in [1.29, 1.82) is 0 Å². The highest BCUT2D eigenvalue weighted by Crippen LogP contribution is 2.26. The summed E-state index contributed by atoms with van der Waals surface area (Å²) in [6, 6.07) is 7.82. The molecular weight excluding hydrogens is 377 g/mol. The van der Waals surface area contributed by atoms with E-state index >= 15 is 0 Å². The fraction of sp³-hybridized carbons (Fsp3) is 0.214. The van der Waals surface area contributed by atoms with E-state index in [2.05, 4.69) is 32.9 Å². The van der Waals surface area contributed by atoms with Crippen LogP contribution in [0.2, 0.25) is 0 Å². The quantitative estimate of drug-likeness (QED) is 0.760. The molecule has 0 bridgehead atoms. The van der Waals surface area contributed by atoms with Gasteiger partial charge in [-0.25, -0.2) is 8.78 Å². The molecule has 3 nitrogen and oxygen atoms in total. The van der Waals surface area contributed by atoms with Crippen molar-refractivity contribution in [2.45, 2.75) is 13.3 Å². The van der Waals surface area contributed by atoms with E-state index in [0.29, 0.717) is 12.3 Å². The van der Waals surface area contributed by atoms with Gasteiger partial charge in [0.25, 0.3) is 5.88 Å². The van der Waals surface area contributed by atoms with Gasteiger partial charge in [-0.1, -0.05) is 6.92 Å².